The summed E-state index contributed by atoms with van der Waals surface area (Å²) in [5.74, 6) is 5.25. The molecule has 30 heteroatoms. The van der Waals surface area contributed by atoms with Crippen LogP contribution in [0.1, 0.15) is 189 Å². The monoisotopic (exact) mass is 1750 g/mol. The summed E-state index contributed by atoms with van der Waals surface area (Å²) in [6, 6.07) is 42.9. The van der Waals surface area contributed by atoms with Crippen molar-refractivity contribution in [3.05, 3.63) is 236 Å². The van der Waals surface area contributed by atoms with Crippen LogP contribution in [0.3, 0.4) is 0 Å². The van der Waals surface area contributed by atoms with E-state index in [-0.39, 0.29) is 60.9 Å². The molecule has 1 fully saturated rings. The first-order valence-corrected chi connectivity index (χ1v) is 45.4. The molecule has 4 atom stereocenters. The summed E-state index contributed by atoms with van der Waals surface area (Å²) in [6.07, 6.45) is 13.7. The molecule has 684 valence electrons. The van der Waals surface area contributed by atoms with Crippen LogP contribution < -0.4 is 26.6 Å². The molecule has 0 saturated carbocycles. The highest BCUT2D eigenvalue weighted by Gasteiger charge is 2.35. The van der Waals surface area contributed by atoms with Crippen LogP contribution in [0.25, 0.3) is 0 Å². The van der Waals surface area contributed by atoms with Crippen molar-refractivity contribution in [1.82, 2.24) is 88.1 Å². The van der Waals surface area contributed by atoms with Crippen molar-refractivity contribution < 1.29 is 34.2 Å². The lowest BCUT2D eigenvalue weighted by atomic mass is 9.98. The van der Waals surface area contributed by atoms with E-state index in [2.05, 4.69) is 168 Å². The molecule has 0 bridgehead atoms. The quantitative estimate of drug-likeness (QED) is 0.0329. The minimum atomic E-state index is -0.0873. The first kappa shape index (κ1) is 94.0. The molecular weight excluding hydrogens is 1620 g/mol. The highest BCUT2D eigenvalue weighted by Crippen LogP contribution is 2.38. The van der Waals surface area contributed by atoms with Crippen LogP contribution >= 0.6 is 0 Å². The molecule has 1 saturated heterocycles. The molecule has 129 heavy (non-hydrogen) atoms. The molecular formula is C99H131N23O7. The van der Waals surface area contributed by atoms with Crippen molar-refractivity contribution >= 4 is 87.1 Å². The third-order valence-corrected chi connectivity index (χ3v) is 24.9. The predicted octanol–water partition coefficient (Wildman–Crippen LogP) is 15.0. The first-order chi connectivity index (χ1) is 62.0. The maximum absolute atomic E-state index is 12.0. The van der Waals surface area contributed by atoms with Crippen LogP contribution in [-0.2, 0) is 109 Å². The van der Waals surface area contributed by atoms with Crippen molar-refractivity contribution in [2.75, 3.05) is 92.7 Å². The van der Waals surface area contributed by atoms with E-state index in [9.17, 15) is 34.2 Å². The number of aromatic nitrogens is 12. The van der Waals surface area contributed by atoms with Gasteiger partial charge in [-0.1, -0.05) is 72.8 Å². The van der Waals surface area contributed by atoms with E-state index in [1.165, 1.54) is 69.8 Å². The first-order valence-electron chi connectivity index (χ1n) is 45.4. The van der Waals surface area contributed by atoms with E-state index >= 15 is 0 Å². The van der Waals surface area contributed by atoms with Crippen LogP contribution in [-0.4, -0.2) is 194 Å². The van der Waals surface area contributed by atoms with Gasteiger partial charge in [0.05, 0.1) is 69.8 Å². The number of carbonyl (C=O) groups is 5. The van der Waals surface area contributed by atoms with E-state index in [0.29, 0.717) is 58.3 Å². The largest absolute Gasteiger partial charge is 0.394 e. The highest BCUT2D eigenvalue weighted by atomic mass is 16.3. The van der Waals surface area contributed by atoms with Gasteiger partial charge in [0.1, 0.15) is 0 Å². The van der Waals surface area contributed by atoms with Gasteiger partial charge in [-0.3, -0.25) is 52.1 Å². The van der Waals surface area contributed by atoms with Gasteiger partial charge in [-0.25, -0.2) is 0 Å². The number of piperidine rings is 1. The van der Waals surface area contributed by atoms with Crippen molar-refractivity contribution in [3.8, 4) is 0 Å². The Morgan fingerprint density at radius 3 is 1.05 bits per heavy atom. The van der Waals surface area contributed by atoms with Crippen LogP contribution in [0.4, 0.5) is 57.5 Å². The number of aliphatic hydroxyl groups is 2. The fourth-order valence-corrected chi connectivity index (χ4v) is 17.8. The number of allylic oxidation sites excluding steroid dienone is 2. The molecule has 5 aromatic carbocycles. The molecule has 17 rings (SSSR count). The number of anilines is 10. The number of hydrogen-bond donors (Lipinski definition) is 7. The van der Waals surface area contributed by atoms with Gasteiger partial charge < -0.3 is 66.2 Å². The summed E-state index contributed by atoms with van der Waals surface area (Å²) < 4.78 is 12.0. The number of benzene rings is 5. The predicted molar refractivity (Wildman–Crippen MR) is 508 cm³/mol. The zero-order valence-corrected chi connectivity index (χ0v) is 78.1. The number of amides is 5. The summed E-state index contributed by atoms with van der Waals surface area (Å²) in [7, 11) is 4.13. The maximum atomic E-state index is 12.0. The van der Waals surface area contributed by atoms with E-state index in [1.54, 1.807) is 34.6 Å². The number of carbonyl (C=O) groups excluding carboxylic acids is 5. The van der Waals surface area contributed by atoms with Gasteiger partial charge in [0, 0.05) is 217 Å². The second-order valence-corrected chi connectivity index (χ2v) is 35.3. The SMILES string of the molecule is C/C=C/CCn1nc(Nc2cccc(C)c2)c2c1CCN(C(C)=O)C2.CC(=O)N1CCc2c(c(Nc3cccc(C)c3)nn2C(C)CO)C1.CC(=O)N1CCc2c(c(Nc3cccc(C)c3)nn2C(C)c2ccn(C)n2)C1.CC(=O)N1CCc2c(c(Nc3cccc(C)c3)nn2CC2CCCN(C)C2)C1.CC(=O)N1CCc2c(c(Nc3cccc(C)c3)nn2[C@@H](C)CO)C1. The smallest absolute Gasteiger partial charge is 0.219 e. The molecule has 6 aliphatic heterocycles. The molecule has 7 N–H and O–H groups in total. The fraction of sp³-hybridized carbons (Fsp3) is 0.444. The average molecular weight is 1760 g/mol. The minimum absolute atomic E-state index is 0.0203. The number of nitrogens with zero attached hydrogens (tertiary/aromatic N) is 18. The Hall–Kier alpha value is -12.7. The van der Waals surface area contributed by atoms with Crippen molar-refractivity contribution in [1.29, 1.82) is 0 Å². The summed E-state index contributed by atoms with van der Waals surface area (Å²) in [6.45, 7) is 37.3. The Bertz CT molecular complexity index is 5660. The number of nitrogens with one attached hydrogen (secondary N) is 5. The average Bonchev–Trinajstić information content (AvgIpc) is 1.63. The van der Waals surface area contributed by atoms with Crippen LogP contribution in [0.15, 0.2) is 146 Å². The summed E-state index contributed by atoms with van der Waals surface area (Å²) >= 11 is 0. The summed E-state index contributed by atoms with van der Waals surface area (Å²) in [4.78, 5) is 71.0. The van der Waals surface area contributed by atoms with Crippen LogP contribution in [0.2, 0.25) is 0 Å². The molecule has 0 radical (unpaired) electrons. The van der Waals surface area contributed by atoms with Gasteiger partial charge in [-0.05, 0) is 196 Å². The Labute approximate surface area is 758 Å². The van der Waals surface area contributed by atoms with E-state index in [1.807, 2.05) is 153 Å². The Morgan fingerprint density at radius 2 is 0.736 bits per heavy atom. The minimum Gasteiger partial charge on any atom is -0.394 e. The third-order valence-electron chi connectivity index (χ3n) is 24.9. The number of aliphatic hydroxyl groups excluding tert-OH is 2. The zero-order chi connectivity index (χ0) is 91.9. The Balaban J connectivity index is 0.000000138. The van der Waals surface area contributed by atoms with Crippen molar-refractivity contribution in [3.63, 3.8) is 0 Å². The van der Waals surface area contributed by atoms with Gasteiger partial charge in [0.25, 0.3) is 0 Å². The van der Waals surface area contributed by atoms with Crippen molar-refractivity contribution in [2.45, 2.75) is 212 Å². The van der Waals surface area contributed by atoms with Gasteiger partial charge in [0.15, 0.2) is 29.1 Å². The second-order valence-electron chi connectivity index (χ2n) is 35.3. The standard InChI is InChI=1S/C22H31N5O.C21H26N6O.C20H26N4O.2C18H24N4O2/c1-16-6-4-8-19(12-16)23-22-20-15-26(17(2)28)11-9-21(20)27(24-22)14-18-7-5-10-25(3)13-18;1-14-6-5-7-17(12-14)22-21-18-13-26(16(3)28)11-9-20(18)27(24-21)15(2)19-8-10-25(4)23-19;1-4-5-6-11-24-19-10-12-23(16(3)25)14-18(19)20(22-24)21-17-9-7-8-15(2)13-17;2*1-12-5-4-6-15(9-12)19-18-16-10-21(14(3)24)8-7-17(16)22(20-18)13(2)11-23/h4,6,8,12,18H,5,7,9-11,13-15H2,1-3H3,(H,23,24);5-8,10,12,15H,9,11,13H2,1-4H3,(H,22,24);4-5,7-9,13H,6,10-12,14H2,1-3H3,(H,21,22);2*4-6,9,13,23H,7-8,10-11H2,1-3H3,(H,19,20)/b;;5-4+;;/t;;;13-;/m...0./s1. The normalized spacial score (nSPS) is 15.9. The molecule has 11 aromatic rings. The van der Waals surface area contributed by atoms with E-state index in [0.717, 1.165) is 168 Å². The van der Waals surface area contributed by atoms with Crippen LogP contribution in [0.5, 0.6) is 0 Å². The molecule has 5 amide bonds. The number of fused-ring (bicyclic) bond motifs is 5. The van der Waals surface area contributed by atoms with Crippen LogP contribution in [0, 0.1) is 40.5 Å². The second kappa shape index (κ2) is 43.0. The lowest BCUT2D eigenvalue weighted by molar-refractivity contribution is -0.130. The lowest BCUT2D eigenvalue weighted by Gasteiger charge is -2.31. The molecule has 12 heterocycles. The Morgan fingerprint density at radius 1 is 0.419 bits per heavy atom. The molecule has 0 spiro atoms. The highest BCUT2D eigenvalue weighted by molar-refractivity contribution is 5.78. The summed E-state index contributed by atoms with van der Waals surface area (Å²) in [5.41, 5.74) is 23.3. The topological polar surface area (TPSA) is 312 Å². The number of hydrogen-bond acceptors (Lipinski definition) is 19. The van der Waals surface area contributed by atoms with E-state index < -0.39 is 0 Å². The maximum Gasteiger partial charge on any atom is 0.219 e. The fourth-order valence-electron chi connectivity index (χ4n) is 17.8. The molecule has 6 aliphatic rings. The number of rotatable bonds is 21. The molecule has 6 aromatic heterocycles. The number of aryl methyl sites for hydroxylation is 7. The van der Waals surface area contributed by atoms with Gasteiger partial charge in [-0.15, -0.1) is 0 Å². The van der Waals surface area contributed by atoms with Gasteiger partial charge in [-0.2, -0.15) is 30.6 Å². The number of likely N-dealkylation sites (tertiary alicyclic amines) is 1. The molecule has 0 aliphatic carbocycles. The Kier molecular flexibility index (Phi) is 31.3. The third kappa shape index (κ3) is 23.6. The summed E-state index contributed by atoms with van der Waals surface area (Å²) in [5, 5.41) is 64.9. The lowest BCUT2D eigenvalue weighted by Crippen LogP contribution is -2.36. The van der Waals surface area contributed by atoms with E-state index in [4.69, 9.17) is 15.3 Å². The van der Waals surface area contributed by atoms with Gasteiger partial charge >= 0.3 is 0 Å². The van der Waals surface area contributed by atoms with Gasteiger partial charge in [0.2, 0.25) is 29.5 Å². The molecule has 30 nitrogen and oxygen atoms in total. The molecule has 3 unspecified atom stereocenters. The zero-order valence-electron chi connectivity index (χ0n) is 78.1. The van der Waals surface area contributed by atoms with Crippen molar-refractivity contribution in [2.24, 2.45) is 13.0 Å².